The Labute approximate surface area is 210 Å². The number of nitrogens with zero attached hydrogens (tertiary/aromatic N) is 3. The zero-order valence-electron chi connectivity index (χ0n) is 19.5. The summed E-state index contributed by atoms with van der Waals surface area (Å²) in [5, 5.41) is 6.92. The van der Waals surface area contributed by atoms with Gasteiger partial charge >= 0.3 is 5.97 Å². The maximum absolute atomic E-state index is 13.3. The van der Waals surface area contributed by atoms with Gasteiger partial charge in [-0.2, -0.15) is 5.10 Å². The first kappa shape index (κ1) is 23.6. The summed E-state index contributed by atoms with van der Waals surface area (Å²) in [6.07, 6.45) is 1.30. The number of carbonyl (C=O) groups is 4. The molecule has 5 rings (SSSR count). The van der Waals surface area contributed by atoms with E-state index in [1.165, 1.54) is 41.2 Å². The molecule has 3 amide bonds. The van der Waals surface area contributed by atoms with Crippen molar-refractivity contribution in [3.8, 4) is 5.69 Å². The molecule has 0 radical (unpaired) electrons. The van der Waals surface area contributed by atoms with Gasteiger partial charge in [0.1, 0.15) is 11.4 Å². The fourth-order valence-corrected chi connectivity index (χ4v) is 3.98. The molecule has 184 valence electrons. The van der Waals surface area contributed by atoms with E-state index in [9.17, 15) is 23.6 Å². The van der Waals surface area contributed by atoms with Gasteiger partial charge in [0.15, 0.2) is 5.82 Å². The highest BCUT2D eigenvalue weighted by molar-refractivity contribution is 6.34. The number of benzene rings is 3. The second-order valence-electron chi connectivity index (χ2n) is 8.01. The lowest BCUT2D eigenvalue weighted by atomic mass is 10.1. The molecule has 3 aromatic carbocycles. The van der Waals surface area contributed by atoms with E-state index < -0.39 is 29.5 Å². The van der Waals surface area contributed by atoms with E-state index in [1.807, 2.05) is 6.07 Å². The Morgan fingerprint density at radius 2 is 1.62 bits per heavy atom. The highest BCUT2D eigenvalue weighted by Crippen LogP contribution is 2.30. The number of ether oxygens (including phenoxy) is 1. The molecular weight excluding hydrogens is 479 g/mol. The maximum atomic E-state index is 13.3. The lowest BCUT2D eigenvalue weighted by molar-refractivity contribution is 0.0527. The summed E-state index contributed by atoms with van der Waals surface area (Å²) >= 11 is 0. The summed E-state index contributed by atoms with van der Waals surface area (Å²) in [7, 11) is 0. The van der Waals surface area contributed by atoms with Crippen molar-refractivity contribution in [1.29, 1.82) is 0 Å². The number of esters is 1. The number of carbonyl (C=O) groups excluding carboxylic acids is 4. The van der Waals surface area contributed by atoms with Crippen LogP contribution < -0.4 is 10.2 Å². The Morgan fingerprint density at radius 3 is 2.32 bits per heavy atom. The van der Waals surface area contributed by atoms with Gasteiger partial charge in [0, 0.05) is 5.56 Å². The van der Waals surface area contributed by atoms with Gasteiger partial charge in [-0.05, 0) is 61.5 Å². The van der Waals surface area contributed by atoms with Crippen LogP contribution in [-0.4, -0.2) is 40.1 Å². The quantitative estimate of drug-likeness (QED) is 0.315. The summed E-state index contributed by atoms with van der Waals surface area (Å²) in [4.78, 5) is 52.6. The number of hydrogen-bond acceptors (Lipinski definition) is 6. The molecule has 37 heavy (non-hydrogen) atoms. The first-order valence-electron chi connectivity index (χ1n) is 11.3. The standard InChI is InChI=1S/C27H19FN4O5/c1-2-37-27(36)22-15-29-32(19-6-4-3-5-7-19)23(22)30-24(33)16-8-13-20-21(14-16)26(35)31(25(20)34)18-11-9-17(28)10-12-18/h3-15H,2H2,1H3,(H,30,33). The number of rotatable bonds is 6. The molecule has 0 fully saturated rings. The smallest absolute Gasteiger partial charge is 0.343 e. The molecule has 0 spiro atoms. The molecule has 0 atom stereocenters. The molecule has 1 aliphatic heterocycles. The van der Waals surface area contributed by atoms with Gasteiger partial charge in [0.2, 0.25) is 0 Å². The highest BCUT2D eigenvalue weighted by Gasteiger charge is 2.37. The minimum absolute atomic E-state index is 0.0316. The van der Waals surface area contributed by atoms with Gasteiger partial charge in [-0.1, -0.05) is 18.2 Å². The lowest BCUT2D eigenvalue weighted by Crippen LogP contribution is -2.29. The molecule has 1 N–H and O–H groups in total. The Balaban J connectivity index is 1.47. The molecule has 9 nitrogen and oxygen atoms in total. The number of amides is 3. The van der Waals surface area contributed by atoms with Gasteiger partial charge in [0.05, 0.1) is 35.3 Å². The molecule has 0 unspecified atom stereocenters. The number of para-hydroxylation sites is 1. The first-order valence-corrected chi connectivity index (χ1v) is 11.3. The Morgan fingerprint density at radius 1 is 0.919 bits per heavy atom. The zero-order chi connectivity index (χ0) is 26.1. The Kier molecular flexibility index (Phi) is 6.06. The third-order valence-electron chi connectivity index (χ3n) is 5.73. The van der Waals surface area contributed by atoms with E-state index >= 15 is 0 Å². The van der Waals surface area contributed by atoms with E-state index in [-0.39, 0.29) is 40.4 Å². The van der Waals surface area contributed by atoms with Crippen LogP contribution in [0.4, 0.5) is 15.9 Å². The molecule has 0 saturated heterocycles. The van der Waals surface area contributed by atoms with Crippen molar-refractivity contribution in [3.05, 3.63) is 107 Å². The van der Waals surface area contributed by atoms with Crippen LogP contribution in [0.15, 0.2) is 79.0 Å². The third-order valence-corrected chi connectivity index (χ3v) is 5.73. The van der Waals surface area contributed by atoms with Crippen LogP contribution in [0, 0.1) is 5.82 Å². The summed E-state index contributed by atoms with van der Waals surface area (Å²) < 4.78 is 19.8. The van der Waals surface area contributed by atoms with E-state index in [4.69, 9.17) is 4.74 Å². The first-order chi connectivity index (χ1) is 17.9. The van der Waals surface area contributed by atoms with Gasteiger partial charge in [-0.15, -0.1) is 0 Å². The van der Waals surface area contributed by atoms with Crippen molar-refractivity contribution in [2.75, 3.05) is 16.8 Å². The predicted octanol–water partition coefficient (Wildman–Crippen LogP) is 4.24. The summed E-state index contributed by atoms with van der Waals surface area (Å²) in [6.45, 7) is 1.80. The number of halogens is 1. The number of fused-ring (bicyclic) bond motifs is 1. The van der Waals surface area contributed by atoms with Crippen molar-refractivity contribution in [2.24, 2.45) is 0 Å². The van der Waals surface area contributed by atoms with E-state index in [2.05, 4.69) is 10.4 Å². The summed E-state index contributed by atoms with van der Waals surface area (Å²) in [6, 6.07) is 17.9. The van der Waals surface area contributed by atoms with Gasteiger partial charge in [-0.25, -0.2) is 18.8 Å². The van der Waals surface area contributed by atoms with E-state index in [0.29, 0.717) is 5.69 Å². The van der Waals surface area contributed by atoms with Gasteiger partial charge in [-0.3, -0.25) is 14.4 Å². The van der Waals surface area contributed by atoms with Crippen molar-refractivity contribution < 1.29 is 28.3 Å². The van der Waals surface area contributed by atoms with Crippen LogP contribution in [0.1, 0.15) is 48.4 Å². The van der Waals surface area contributed by atoms with Crippen molar-refractivity contribution in [1.82, 2.24) is 9.78 Å². The minimum atomic E-state index is -0.662. The predicted molar refractivity (Wildman–Crippen MR) is 131 cm³/mol. The fraction of sp³-hybridized carbons (Fsp3) is 0.0741. The topological polar surface area (TPSA) is 111 Å². The van der Waals surface area contributed by atoms with Gasteiger partial charge in [0.25, 0.3) is 17.7 Å². The van der Waals surface area contributed by atoms with Gasteiger partial charge < -0.3 is 10.1 Å². The molecular formula is C27H19FN4O5. The normalized spacial score (nSPS) is 12.4. The number of anilines is 2. The lowest BCUT2D eigenvalue weighted by Gasteiger charge is -2.13. The average molecular weight is 498 g/mol. The summed E-state index contributed by atoms with van der Waals surface area (Å²) in [5.74, 6) is -2.92. The molecule has 0 bridgehead atoms. The largest absolute Gasteiger partial charge is 0.462 e. The zero-order valence-corrected chi connectivity index (χ0v) is 19.5. The monoisotopic (exact) mass is 498 g/mol. The van der Waals surface area contributed by atoms with Crippen LogP contribution in [0.3, 0.4) is 0 Å². The third kappa shape index (κ3) is 4.25. The van der Waals surface area contributed by atoms with Crippen LogP contribution in [0.2, 0.25) is 0 Å². The van der Waals surface area contributed by atoms with Crippen molar-refractivity contribution in [3.63, 3.8) is 0 Å². The highest BCUT2D eigenvalue weighted by atomic mass is 19.1. The maximum Gasteiger partial charge on any atom is 0.343 e. The number of hydrogen-bond donors (Lipinski definition) is 1. The number of aromatic nitrogens is 2. The summed E-state index contributed by atoms with van der Waals surface area (Å²) in [5.41, 5.74) is 1.09. The van der Waals surface area contributed by atoms with Crippen LogP contribution in [0.5, 0.6) is 0 Å². The number of imide groups is 1. The average Bonchev–Trinajstić information content (AvgIpc) is 3.43. The number of nitrogens with one attached hydrogen (secondary N) is 1. The molecule has 1 aliphatic rings. The van der Waals surface area contributed by atoms with E-state index in [1.54, 1.807) is 31.2 Å². The SMILES string of the molecule is CCOC(=O)c1cnn(-c2ccccc2)c1NC(=O)c1ccc2c(c1)C(=O)N(c1ccc(F)cc1)C2=O. The molecule has 2 heterocycles. The van der Waals surface area contributed by atoms with Crippen molar-refractivity contribution in [2.45, 2.75) is 6.92 Å². The minimum Gasteiger partial charge on any atom is -0.462 e. The molecule has 0 saturated carbocycles. The molecule has 0 aliphatic carbocycles. The van der Waals surface area contributed by atoms with Crippen LogP contribution in [-0.2, 0) is 4.74 Å². The fourth-order valence-electron chi connectivity index (χ4n) is 3.98. The van der Waals surface area contributed by atoms with Crippen LogP contribution >= 0.6 is 0 Å². The Hall–Kier alpha value is -5.12. The van der Waals surface area contributed by atoms with Crippen molar-refractivity contribution >= 4 is 35.2 Å². The second-order valence-corrected chi connectivity index (χ2v) is 8.01. The molecule has 4 aromatic rings. The Bertz CT molecular complexity index is 1550. The molecule has 10 heteroatoms. The second kappa shape index (κ2) is 9.50. The van der Waals surface area contributed by atoms with E-state index in [0.717, 1.165) is 17.0 Å². The molecule has 1 aromatic heterocycles. The van der Waals surface area contributed by atoms with Crippen LogP contribution in [0.25, 0.3) is 5.69 Å².